The minimum Gasteiger partial charge on any atom is -0.469 e. The van der Waals surface area contributed by atoms with Crippen LogP contribution in [0.3, 0.4) is 0 Å². The molecule has 2 aromatic rings. The lowest BCUT2D eigenvalue weighted by molar-refractivity contribution is -0.368. The first-order chi connectivity index (χ1) is 7.81. The second-order valence-electron chi connectivity index (χ2n) is 4.12. The molecule has 1 aromatic carbocycles. The highest BCUT2D eigenvalue weighted by Gasteiger charge is 2.16. The Morgan fingerprint density at radius 3 is 2.50 bits per heavy atom. The molecular weight excluding hydrogens is 198 g/mol. The molecule has 0 amide bonds. The Balaban J connectivity index is 2.29. The molecule has 0 spiro atoms. The van der Waals surface area contributed by atoms with Crippen LogP contribution in [0, 0.1) is 6.92 Å². The zero-order valence-corrected chi connectivity index (χ0v) is 9.65. The lowest BCUT2D eigenvalue weighted by Crippen LogP contribution is -2.50. The summed E-state index contributed by atoms with van der Waals surface area (Å²) in [6.07, 6.45) is 2.76. The summed E-state index contributed by atoms with van der Waals surface area (Å²) >= 11 is 0. The predicted molar refractivity (Wildman–Crippen MR) is 64.1 cm³/mol. The number of quaternary nitrogens is 1. The molecule has 0 saturated carbocycles. The molecule has 2 nitrogen and oxygen atoms in total. The van der Waals surface area contributed by atoms with E-state index in [1.807, 2.05) is 12.1 Å². The van der Waals surface area contributed by atoms with Crippen LogP contribution in [0.5, 0.6) is 0 Å². The third-order valence-electron chi connectivity index (χ3n) is 2.86. The molecule has 2 rings (SSSR count). The van der Waals surface area contributed by atoms with Gasteiger partial charge in [0.25, 0.3) is 0 Å². The van der Waals surface area contributed by atoms with Crippen LogP contribution in [0.1, 0.15) is 29.2 Å². The predicted octanol–water partition coefficient (Wildman–Crippen LogP) is 2.35. The standard InChI is InChI=1S/C14H17NO/c1-11-4-6-12(7-5-11)13(8-9-15)14-3-2-10-16-14/h2-7,10,13H,8-9,15H2,1H3/p+1. The molecule has 0 radical (unpaired) electrons. The molecule has 16 heavy (non-hydrogen) atoms. The molecule has 0 saturated heterocycles. The normalized spacial score (nSPS) is 12.6. The molecule has 0 fully saturated rings. The summed E-state index contributed by atoms with van der Waals surface area (Å²) in [6.45, 7) is 3.02. The van der Waals surface area contributed by atoms with Crippen molar-refractivity contribution < 1.29 is 10.2 Å². The number of aryl methyl sites for hydroxylation is 1. The van der Waals surface area contributed by atoms with Gasteiger partial charge in [0.05, 0.1) is 12.8 Å². The minimum absolute atomic E-state index is 0.341. The van der Waals surface area contributed by atoms with E-state index in [0.29, 0.717) is 5.92 Å². The van der Waals surface area contributed by atoms with Crippen molar-refractivity contribution in [3.8, 4) is 0 Å². The number of hydrogen-bond donors (Lipinski definition) is 1. The monoisotopic (exact) mass is 216 g/mol. The molecule has 0 aliphatic carbocycles. The van der Waals surface area contributed by atoms with Gasteiger partial charge >= 0.3 is 0 Å². The zero-order chi connectivity index (χ0) is 11.4. The quantitative estimate of drug-likeness (QED) is 0.837. The summed E-state index contributed by atoms with van der Waals surface area (Å²) in [6, 6.07) is 12.6. The van der Waals surface area contributed by atoms with Crippen molar-refractivity contribution in [1.29, 1.82) is 0 Å². The van der Waals surface area contributed by atoms with E-state index >= 15 is 0 Å². The lowest BCUT2D eigenvalue weighted by atomic mass is 9.93. The Morgan fingerprint density at radius 2 is 1.94 bits per heavy atom. The highest BCUT2D eigenvalue weighted by molar-refractivity contribution is 5.29. The lowest BCUT2D eigenvalue weighted by Gasteiger charge is -2.13. The Bertz CT molecular complexity index is 417. The van der Waals surface area contributed by atoms with Crippen LogP contribution in [0.15, 0.2) is 47.1 Å². The average molecular weight is 216 g/mol. The van der Waals surface area contributed by atoms with Crippen molar-refractivity contribution in [1.82, 2.24) is 0 Å². The highest BCUT2D eigenvalue weighted by atomic mass is 16.3. The molecular formula is C14H18NO+. The van der Waals surface area contributed by atoms with Crippen molar-refractivity contribution in [3.63, 3.8) is 0 Å². The summed E-state index contributed by atoms with van der Waals surface area (Å²) in [5, 5.41) is 0. The Hall–Kier alpha value is -1.54. The first-order valence-electron chi connectivity index (χ1n) is 5.70. The van der Waals surface area contributed by atoms with E-state index in [2.05, 4.69) is 36.9 Å². The summed E-state index contributed by atoms with van der Waals surface area (Å²) < 4.78 is 5.51. The van der Waals surface area contributed by atoms with E-state index in [1.54, 1.807) is 6.26 Å². The number of hydrogen-bond acceptors (Lipinski definition) is 1. The van der Waals surface area contributed by atoms with E-state index < -0.39 is 0 Å². The maximum atomic E-state index is 5.51. The van der Waals surface area contributed by atoms with Crippen LogP contribution in [-0.4, -0.2) is 6.54 Å². The van der Waals surface area contributed by atoms with E-state index in [9.17, 15) is 0 Å². The fraction of sp³-hybridized carbons (Fsp3) is 0.286. The van der Waals surface area contributed by atoms with E-state index in [1.165, 1.54) is 11.1 Å². The second-order valence-corrected chi connectivity index (χ2v) is 4.12. The van der Waals surface area contributed by atoms with Crippen LogP contribution in [0.2, 0.25) is 0 Å². The molecule has 84 valence electrons. The third-order valence-corrected chi connectivity index (χ3v) is 2.86. The van der Waals surface area contributed by atoms with Gasteiger partial charge in [0.15, 0.2) is 0 Å². The second kappa shape index (κ2) is 4.99. The van der Waals surface area contributed by atoms with E-state index in [4.69, 9.17) is 4.42 Å². The SMILES string of the molecule is Cc1ccc(C(CC[NH3+])c2ccco2)cc1. The van der Waals surface area contributed by atoms with Crippen LogP contribution < -0.4 is 5.73 Å². The summed E-state index contributed by atoms with van der Waals surface area (Å²) in [7, 11) is 0. The van der Waals surface area contributed by atoms with Crippen LogP contribution in [-0.2, 0) is 0 Å². The topological polar surface area (TPSA) is 40.8 Å². The molecule has 2 heteroatoms. The molecule has 0 aliphatic rings. The maximum Gasteiger partial charge on any atom is 0.111 e. The van der Waals surface area contributed by atoms with Crippen molar-refractivity contribution in [2.24, 2.45) is 0 Å². The number of furan rings is 1. The average Bonchev–Trinajstić information content (AvgIpc) is 2.81. The summed E-state index contributed by atoms with van der Waals surface area (Å²) in [4.78, 5) is 0. The van der Waals surface area contributed by atoms with Crippen LogP contribution in [0.25, 0.3) is 0 Å². The molecule has 1 atom stereocenters. The summed E-state index contributed by atoms with van der Waals surface area (Å²) in [5.41, 5.74) is 6.53. The molecule has 0 bridgehead atoms. The van der Waals surface area contributed by atoms with Crippen LogP contribution in [0.4, 0.5) is 0 Å². The van der Waals surface area contributed by atoms with Crippen molar-refractivity contribution in [2.75, 3.05) is 6.54 Å². The smallest absolute Gasteiger partial charge is 0.111 e. The molecule has 1 heterocycles. The highest BCUT2D eigenvalue weighted by Crippen LogP contribution is 2.27. The van der Waals surface area contributed by atoms with Crippen molar-refractivity contribution in [3.05, 3.63) is 59.5 Å². The Kier molecular flexibility index (Phi) is 3.42. The molecule has 3 N–H and O–H groups in total. The van der Waals surface area contributed by atoms with Gasteiger partial charge in [-0.25, -0.2) is 0 Å². The summed E-state index contributed by atoms with van der Waals surface area (Å²) in [5.74, 6) is 1.38. The van der Waals surface area contributed by atoms with Crippen molar-refractivity contribution >= 4 is 0 Å². The Labute approximate surface area is 96.1 Å². The Morgan fingerprint density at radius 1 is 1.19 bits per heavy atom. The van der Waals surface area contributed by atoms with Gasteiger partial charge in [-0.1, -0.05) is 29.8 Å². The van der Waals surface area contributed by atoms with Crippen molar-refractivity contribution in [2.45, 2.75) is 19.3 Å². The van der Waals surface area contributed by atoms with Gasteiger partial charge in [-0.3, -0.25) is 0 Å². The first kappa shape index (κ1) is 11.0. The first-order valence-corrected chi connectivity index (χ1v) is 5.70. The van der Waals surface area contributed by atoms with Gasteiger partial charge in [-0.05, 0) is 24.6 Å². The number of benzene rings is 1. The van der Waals surface area contributed by atoms with E-state index in [-0.39, 0.29) is 0 Å². The van der Waals surface area contributed by atoms with Crippen LogP contribution >= 0.6 is 0 Å². The van der Waals surface area contributed by atoms with Gasteiger partial charge in [0.1, 0.15) is 5.76 Å². The van der Waals surface area contributed by atoms with Gasteiger partial charge < -0.3 is 10.2 Å². The van der Waals surface area contributed by atoms with Gasteiger partial charge in [0, 0.05) is 12.3 Å². The third kappa shape index (κ3) is 2.34. The van der Waals surface area contributed by atoms with Gasteiger partial charge in [-0.15, -0.1) is 0 Å². The van der Waals surface area contributed by atoms with Gasteiger partial charge in [0.2, 0.25) is 0 Å². The largest absolute Gasteiger partial charge is 0.469 e. The van der Waals surface area contributed by atoms with Gasteiger partial charge in [-0.2, -0.15) is 0 Å². The fourth-order valence-corrected chi connectivity index (χ4v) is 1.97. The molecule has 0 aliphatic heterocycles. The fourth-order valence-electron chi connectivity index (χ4n) is 1.97. The molecule has 1 unspecified atom stereocenters. The van der Waals surface area contributed by atoms with E-state index in [0.717, 1.165) is 18.7 Å². The zero-order valence-electron chi connectivity index (χ0n) is 9.65. The molecule has 1 aromatic heterocycles. The maximum absolute atomic E-state index is 5.51. The minimum atomic E-state index is 0.341. The number of rotatable bonds is 4.